The van der Waals surface area contributed by atoms with Crippen molar-refractivity contribution < 1.29 is 9.53 Å². The van der Waals surface area contributed by atoms with Crippen LogP contribution in [0.1, 0.15) is 62.1 Å². The molecular formula is C25H28ClN5O2. The van der Waals surface area contributed by atoms with E-state index < -0.39 is 0 Å². The average Bonchev–Trinajstić information content (AvgIpc) is 3.43. The van der Waals surface area contributed by atoms with E-state index in [1.807, 2.05) is 58.1 Å². The summed E-state index contributed by atoms with van der Waals surface area (Å²) >= 11 is 6.02. The molecule has 172 valence electrons. The van der Waals surface area contributed by atoms with Crippen LogP contribution in [0.3, 0.4) is 0 Å². The van der Waals surface area contributed by atoms with E-state index >= 15 is 0 Å². The quantitative estimate of drug-likeness (QED) is 0.579. The smallest absolute Gasteiger partial charge is 0.318 e. The number of para-hydroxylation sites is 1. The van der Waals surface area contributed by atoms with Crippen LogP contribution in [-0.4, -0.2) is 37.8 Å². The SMILES string of the molecule is CC1(C)CC(NC(=O)N2CCCC2c2ncnn2Cc2ccc(Cl)cc2)c2ccccc2O1. The monoisotopic (exact) mass is 465 g/mol. The number of carbonyl (C=O) groups excluding carboxylic acids is 1. The van der Waals surface area contributed by atoms with Gasteiger partial charge in [-0.3, -0.25) is 0 Å². The topological polar surface area (TPSA) is 72.3 Å². The lowest BCUT2D eigenvalue weighted by Crippen LogP contribution is -2.46. The lowest BCUT2D eigenvalue weighted by Gasteiger charge is -2.38. The Kier molecular flexibility index (Phi) is 5.74. The maximum Gasteiger partial charge on any atom is 0.318 e. The summed E-state index contributed by atoms with van der Waals surface area (Å²) in [7, 11) is 0. The highest BCUT2D eigenvalue weighted by atomic mass is 35.5. The highest BCUT2D eigenvalue weighted by Crippen LogP contribution is 2.40. The number of nitrogens with one attached hydrogen (secondary N) is 1. The number of nitrogens with zero attached hydrogens (tertiary/aromatic N) is 4. The number of aromatic nitrogens is 3. The van der Waals surface area contributed by atoms with E-state index in [9.17, 15) is 4.79 Å². The van der Waals surface area contributed by atoms with Crippen LogP contribution < -0.4 is 10.1 Å². The number of carbonyl (C=O) groups is 1. The molecule has 2 amide bonds. The molecular weight excluding hydrogens is 438 g/mol. The van der Waals surface area contributed by atoms with Gasteiger partial charge in [0.1, 0.15) is 23.5 Å². The average molecular weight is 466 g/mol. The molecule has 0 saturated carbocycles. The fraction of sp³-hybridized carbons (Fsp3) is 0.400. The van der Waals surface area contributed by atoms with E-state index in [4.69, 9.17) is 16.3 Å². The van der Waals surface area contributed by atoms with Crippen LogP contribution >= 0.6 is 11.6 Å². The van der Waals surface area contributed by atoms with Gasteiger partial charge in [0, 0.05) is 23.6 Å². The Morgan fingerprint density at radius 2 is 2.00 bits per heavy atom. The summed E-state index contributed by atoms with van der Waals surface area (Å²) in [4.78, 5) is 19.9. The fourth-order valence-electron chi connectivity index (χ4n) is 4.86. The molecule has 0 bridgehead atoms. The Bertz CT molecular complexity index is 1140. The molecule has 2 unspecified atom stereocenters. The van der Waals surface area contributed by atoms with Crippen LogP contribution in [0.4, 0.5) is 4.79 Å². The standard InChI is InChI=1S/C25H28ClN5O2/c1-25(2)14-20(19-6-3-4-8-22(19)33-25)29-24(32)30-13-5-7-21(30)23-27-16-28-31(23)15-17-9-11-18(26)12-10-17/h3-4,6,8-12,16,20-21H,5,7,13-15H2,1-2H3,(H,29,32). The second-order valence-corrected chi connectivity index (χ2v) is 9.80. The molecule has 0 radical (unpaired) electrons. The van der Waals surface area contributed by atoms with Gasteiger partial charge in [-0.05, 0) is 50.5 Å². The summed E-state index contributed by atoms with van der Waals surface area (Å²) in [6.45, 7) is 5.39. The third-order valence-electron chi connectivity index (χ3n) is 6.38. The Labute approximate surface area is 198 Å². The third kappa shape index (κ3) is 4.55. The highest BCUT2D eigenvalue weighted by Gasteiger charge is 2.38. The summed E-state index contributed by atoms with van der Waals surface area (Å²) in [5.74, 6) is 1.64. The molecule has 2 aliphatic rings. The molecule has 1 fully saturated rings. The van der Waals surface area contributed by atoms with Gasteiger partial charge in [0.15, 0.2) is 0 Å². The zero-order valence-electron chi connectivity index (χ0n) is 18.9. The van der Waals surface area contributed by atoms with E-state index in [2.05, 4.69) is 29.2 Å². The van der Waals surface area contributed by atoms with Crippen molar-refractivity contribution in [2.45, 2.75) is 57.3 Å². The Balaban J connectivity index is 1.34. The van der Waals surface area contributed by atoms with Crippen molar-refractivity contribution in [3.8, 4) is 5.75 Å². The second-order valence-electron chi connectivity index (χ2n) is 9.36. The number of rotatable bonds is 4. The number of halogens is 1. The number of fused-ring (bicyclic) bond motifs is 1. The van der Waals surface area contributed by atoms with Crippen LogP contribution in [0.25, 0.3) is 0 Å². The normalized spacial score (nSPS) is 21.4. The lowest BCUT2D eigenvalue weighted by atomic mass is 9.90. The van der Waals surface area contributed by atoms with Crippen LogP contribution in [0.15, 0.2) is 54.9 Å². The first-order valence-corrected chi connectivity index (χ1v) is 11.7. The third-order valence-corrected chi connectivity index (χ3v) is 6.63. The maximum absolute atomic E-state index is 13.4. The molecule has 0 spiro atoms. The Hall–Kier alpha value is -3.06. The molecule has 1 aromatic heterocycles. The number of benzene rings is 2. The molecule has 1 saturated heterocycles. The van der Waals surface area contributed by atoms with Crippen molar-refractivity contribution >= 4 is 17.6 Å². The molecule has 7 nitrogen and oxygen atoms in total. The summed E-state index contributed by atoms with van der Waals surface area (Å²) in [6.07, 6.45) is 4.07. The number of ether oxygens (including phenoxy) is 1. The molecule has 5 rings (SSSR count). The van der Waals surface area contributed by atoms with Crippen LogP contribution in [-0.2, 0) is 6.54 Å². The van der Waals surface area contributed by atoms with Gasteiger partial charge in [0.05, 0.1) is 18.6 Å². The van der Waals surface area contributed by atoms with E-state index in [1.165, 1.54) is 0 Å². The molecule has 3 aromatic rings. The zero-order valence-corrected chi connectivity index (χ0v) is 19.6. The van der Waals surface area contributed by atoms with E-state index in [1.54, 1.807) is 6.33 Å². The predicted octanol–water partition coefficient (Wildman–Crippen LogP) is 5.13. The molecule has 33 heavy (non-hydrogen) atoms. The van der Waals surface area contributed by atoms with Crippen LogP contribution in [0, 0.1) is 0 Å². The van der Waals surface area contributed by atoms with Crippen molar-refractivity contribution in [3.05, 3.63) is 76.8 Å². The van der Waals surface area contributed by atoms with Gasteiger partial charge in [-0.2, -0.15) is 5.10 Å². The van der Waals surface area contributed by atoms with Gasteiger partial charge in [0.2, 0.25) is 0 Å². The minimum atomic E-state index is -0.352. The van der Waals surface area contributed by atoms with Gasteiger partial charge in [0.25, 0.3) is 0 Å². The molecule has 2 aromatic carbocycles. The second kappa shape index (κ2) is 8.71. The largest absolute Gasteiger partial charge is 0.487 e. The predicted molar refractivity (Wildman–Crippen MR) is 126 cm³/mol. The number of likely N-dealkylation sites (tertiary alicyclic amines) is 1. The lowest BCUT2D eigenvalue weighted by molar-refractivity contribution is 0.0662. The van der Waals surface area contributed by atoms with Gasteiger partial charge < -0.3 is 15.0 Å². The first-order valence-electron chi connectivity index (χ1n) is 11.4. The van der Waals surface area contributed by atoms with Crippen molar-refractivity contribution in [2.75, 3.05) is 6.54 Å². The van der Waals surface area contributed by atoms with Gasteiger partial charge in [-0.1, -0.05) is 41.9 Å². The molecule has 3 heterocycles. The van der Waals surface area contributed by atoms with Crippen molar-refractivity contribution in [3.63, 3.8) is 0 Å². The summed E-state index contributed by atoms with van der Waals surface area (Å²) in [5.41, 5.74) is 1.75. The summed E-state index contributed by atoms with van der Waals surface area (Å²) < 4.78 is 8.00. The first kappa shape index (κ1) is 21.8. The number of hydrogen-bond acceptors (Lipinski definition) is 4. The van der Waals surface area contributed by atoms with E-state index in [-0.39, 0.29) is 23.7 Å². The van der Waals surface area contributed by atoms with Crippen molar-refractivity contribution in [2.24, 2.45) is 0 Å². The van der Waals surface area contributed by atoms with Crippen molar-refractivity contribution in [1.82, 2.24) is 25.0 Å². The summed E-state index contributed by atoms with van der Waals surface area (Å²) in [5, 5.41) is 8.41. The molecule has 2 atom stereocenters. The minimum absolute atomic E-state index is 0.0731. The van der Waals surface area contributed by atoms with Crippen LogP contribution in [0.2, 0.25) is 5.02 Å². The van der Waals surface area contributed by atoms with Gasteiger partial charge in [-0.15, -0.1) is 0 Å². The van der Waals surface area contributed by atoms with Gasteiger partial charge in [-0.25, -0.2) is 14.5 Å². The first-order chi connectivity index (χ1) is 15.9. The minimum Gasteiger partial charge on any atom is -0.487 e. The highest BCUT2D eigenvalue weighted by molar-refractivity contribution is 6.30. The molecule has 8 heteroatoms. The molecule has 0 aliphatic carbocycles. The number of hydrogen-bond donors (Lipinski definition) is 1. The Morgan fingerprint density at radius 3 is 2.82 bits per heavy atom. The van der Waals surface area contributed by atoms with Gasteiger partial charge >= 0.3 is 6.03 Å². The Morgan fingerprint density at radius 1 is 1.21 bits per heavy atom. The fourth-order valence-corrected chi connectivity index (χ4v) is 4.98. The van der Waals surface area contributed by atoms with Crippen molar-refractivity contribution in [1.29, 1.82) is 0 Å². The van der Waals surface area contributed by atoms with Crippen LogP contribution in [0.5, 0.6) is 5.75 Å². The number of amides is 2. The zero-order chi connectivity index (χ0) is 23.0. The van der Waals surface area contributed by atoms with E-state index in [0.717, 1.165) is 35.5 Å². The number of urea groups is 1. The molecule has 2 aliphatic heterocycles. The molecule has 1 N–H and O–H groups in total. The summed E-state index contributed by atoms with van der Waals surface area (Å²) in [6, 6.07) is 15.4. The maximum atomic E-state index is 13.4. The van der Waals surface area contributed by atoms with E-state index in [0.29, 0.717) is 24.5 Å².